The molecule has 0 saturated carbocycles. The van der Waals surface area contributed by atoms with Crippen molar-refractivity contribution < 1.29 is 9.90 Å². The number of hydrogen-bond donors (Lipinski definition) is 4. The van der Waals surface area contributed by atoms with Crippen molar-refractivity contribution in [3.05, 3.63) is 35.2 Å². The molecule has 142 valence electrons. The number of aliphatic hydroxyl groups excluding tert-OH is 1. The van der Waals surface area contributed by atoms with Crippen molar-refractivity contribution in [3.8, 4) is 0 Å². The lowest BCUT2D eigenvalue weighted by Crippen LogP contribution is -2.40. The summed E-state index contributed by atoms with van der Waals surface area (Å²) in [5.74, 6) is 0.610. The number of rotatable bonds is 8. The maximum Gasteiger partial charge on any atom is 0.221 e. The van der Waals surface area contributed by atoms with Crippen LogP contribution in [0.15, 0.2) is 35.3 Å². The SMILES string of the molecule is CCNC(=NCC(O)c1cc2ccccc2s1)NCCC(=O)NC(C)C. The van der Waals surface area contributed by atoms with Gasteiger partial charge in [-0.1, -0.05) is 18.2 Å². The number of carbonyl (C=O) groups excluding carboxylic acids is 1. The molecular formula is C19H28N4O2S. The van der Waals surface area contributed by atoms with Crippen molar-refractivity contribution in [1.82, 2.24) is 16.0 Å². The van der Waals surface area contributed by atoms with Crippen LogP contribution in [-0.2, 0) is 4.79 Å². The van der Waals surface area contributed by atoms with E-state index in [2.05, 4.69) is 20.9 Å². The quantitative estimate of drug-likeness (QED) is 0.421. The fourth-order valence-electron chi connectivity index (χ4n) is 2.46. The Morgan fingerprint density at radius 3 is 2.73 bits per heavy atom. The Morgan fingerprint density at radius 1 is 1.27 bits per heavy atom. The van der Waals surface area contributed by atoms with Gasteiger partial charge in [-0.25, -0.2) is 0 Å². The van der Waals surface area contributed by atoms with Gasteiger partial charge in [0, 0.05) is 35.1 Å². The summed E-state index contributed by atoms with van der Waals surface area (Å²) in [7, 11) is 0. The van der Waals surface area contributed by atoms with Crippen molar-refractivity contribution in [2.45, 2.75) is 39.3 Å². The zero-order valence-corrected chi connectivity index (χ0v) is 16.4. The van der Waals surface area contributed by atoms with Crippen LogP contribution in [0.1, 0.15) is 38.2 Å². The van der Waals surface area contributed by atoms with Crippen LogP contribution in [-0.4, -0.2) is 42.6 Å². The third kappa shape index (κ3) is 6.31. The molecule has 26 heavy (non-hydrogen) atoms. The average Bonchev–Trinajstić information content (AvgIpc) is 3.03. The van der Waals surface area contributed by atoms with Gasteiger partial charge in [0.15, 0.2) is 5.96 Å². The van der Waals surface area contributed by atoms with E-state index in [4.69, 9.17) is 0 Å². The first kappa shape index (κ1) is 20.2. The molecule has 1 amide bonds. The van der Waals surface area contributed by atoms with Gasteiger partial charge in [0.05, 0.1) is 6.54 Å². The Kier molecular flexibility index (Phi) is 7.87. The molecular weight excluding hydrogens is 348 g/mol. The van der Waals surface area contributed by atoms with Crippen molar-refractivity contribution in [1.29, 1.82) is 0 Å². The molecule has 0 aliphatic carbocycles. The molecule has 0 radical (unpaired) electrons. The molecule has 1 atom stereocenters. The molecule has 0 aliphatic rings. The van der Waals surface area contributed by atoms with E-state index in [1.807, 2.05) is 51.1 Å². The van der Waals surface area contributed by atoms with Crippen LogP contribution in [0.3, 0.4) is 0 Å². The van der Waals surface area contributed by atoms with Gasteiger partial charge in [-0.15, -0.1) is 11.3 Å². The van der Waals surface area contributed by atoms with Crippen LogP contribution < -0.4 is 16.0 Å². The highest BCUT2D eigenvalue weighted by molar-refractivity contribution is 7.19. The van der Waals surface area contributed by atoms with E-state index in [0.29, 0.717) is 25.5 Å². The Labute approximate surface area is 158 Å². The lowest BCUT2D eigenvalue weighted by Gasteiger charge is -2.13. The van der Waals surface area contributed by atoms with Gasteiger partial charge in [-0.3, -0.25) is 9.79 Å². The van der Waals surface area contributed by atoms with E-state index >= 15 is 0 Å². The van der Waals surface area contributed by atoms with E-state index in [1.54, 1.807) is 11.3 Å². The highest BCUT2D eigenvalue weighted by Crippen LogP contribution is 2.29. The van der Waals surface area contributed by atoms with Crippen molar-refractivity contribution in [2.75, 3.05) is 19.6 Å². The molecule has 4 N–H and O–H groups in total. The smallest absolute Gasteiger partial charge is 0.221 e. The van der Waals surface area contributed by atoms with E-state index in [-0.39, 0.29) is 18.5 Å². The average molecular weight is 377 g/mol. The first-order valence-corrected chi connectivity index (χ1v) is 9.79. The molecule has 1 unspecified atom stereocenters. The molecule has 0 bridgehead atoms. The van der Waals surface area contributed by atoms with Crippen LogP contribution in [0.25, 0.3) is 10.1 Å². The summed E-state index contributed by atoms with van der Waals surface area (Å²) in [5.41, 5.74) is 0. The lowest BCUT2D eigenvalue weighted by molar-refractivity contribution is -0.121. The van der Waals surface area contributed by atoms with Crippen LogP contribution in [0.2, 0.25) is 0 Å². The van der Waals surface area contributed by atoms with Gasteiger partial charge < -0.3 is 21.1 Å². The fourth-order valence-corrected chi connectivity index (χ4v) is 3.51. The van der Waals surface area contributed by atoms with Crippen molar-refractivity contribution in [2.24, 2.45) is 4.99 Å². The number of nitrogens with one attached hydrogen (secondary N) is 3. The number of hydrogen-bond acceptors (Lipinski definition) is 4. The van der Waals surface area contributed by atoms with E-state index in [1.165, 1.54) is 0 Å². The molecule has 0 saturated heterocycles. The Balaban J connectivity index is 1.89. The second kappa shape index (κ2) is 10.1. The van der Waals surface area contributed by atoms with E-state index < -0.39 is 6.10 Å². The first-order chi connectivity index (χ1) is 12.5. The van der Waals surface area contributed by atoms with Crippen LogP contribution in [0.5, 0.6) is 0 Å². The van der Waals surface area contributed by atoms with Gasteiger partial charge in [0.2, 0.25) is 5.91 Å². The number of aliphatic imine (C=N–C) groups is 1. The summed E-state index contributed by atoms with van der Waals surface area (Å²) in [5, 5.41) is 20.7. The highest BCUT2D eigenvalue weighted by Gasteiger charge is 2.11. The van der Waals surface area contributed by atoms with Gasteiger partial charge in [-0.05, 0) is 38.3 Å². The number of guanidine groups is 1. The summed E-state index contributed by atoms with van der Waals surface area (Å²) in [6.45, 7) is 7.32. The summed E-state index contributed by atoms with van der Waals surface area (Å²) in [6.07, 6.45) is -0.270. The number of benzene rings is 1. The third-order valence-electron chi connectivity index (χ3n) is 3.63. The highest BCUT2D eigenvalue weighted by atomic mass is 32.1. The Morgan fingerprint density at radius 2 is 2.04 bits per heavy atom. The maximum absolute atomic E-state index is 11.7. The fraction of sp³-hybridized carbons (Fsp3) is 0.474. The Bertz CT molecular complexity index is 709. The van der Waals surface area contributed by atoms with Gasteiger partial charge in [0.1, 0.15) is 6.10 Å². The van der Waals surface area contributed by atoms with E-state index in [9.17, 15) is 9.90 Å². The van der Waals surface area contributed by atoms with Crippen molar-refractivity contribution in [3.63, 3.8) is 0 Å². The molecule has 2 aromatic rings. The van der Waals surface area contributed by atoms with Crippen LogP contribution >= 0.6 is 11.3 Å². The topological polar surface area (TPSA) is 85.8 Å². The third-order valence-corrected chi connectivity index (χ3v) is 4.85. The minimum Gasteiger partial charge on any atom is -0.386 e. The second-order valence-corrected chi connectivity index (χ2v) is 7.44. The molecule has 0 fully saturated rings. The molecule has 2 rings (SSSR count). The summed E-state index contributed by atoms with van der Waals surface area (Å²) >= 11 is 1.58. The number of aliphatic hydroxyl groups is 1. The maximum atomic E-state index is 11.7. The minimum absolute atomic E-state index is 0.00802. The largest absolute Gasteiger partial charge is 0.386 e. The summed E-state index contributed by atoms with van der Waals surface area (Å²) in [4.78, 5) is 17.0. The number of amides is 1. The molecule has 0 spiro atoms. The standard InChI is InChI=1S/C19H28N4O2S/c1-4-20-19(21-10-9-18(25)23-13(2)3)22-12-15(24)17-11-14-7-5-6-8-16(14)26-17/h5-8,11,13,15,24H,4,9-10,12H2,1-3H3,(H,23,25)(H2,20,21,22). The predicted molar refractivity (Wildman–Crippen MR) is 109 cm³/mol. The van der Waals surface area contributed by atoms with Gasteiger partial charge in [0.25, 0.3) is 0 Å². The normalized spacial score (nSPS) is 13.0. The molecule has 1 heterocycles. The van der Waals surface area contributed by atoms with Crippen molar-refractivity contribution >= 4 is 33.3 Å². The second-order valence-electron chi connectivity index (χ2n) is 6.32. The van der Waals surface area contributed by atoms with Crippen LogP contribution in [0, 0.1) is 0 Å². The number of thiophene rings is 1. The summed E-state index contributed by atoms with van der Waals surface area (Å²) < 4.78 is 1.16. The number of fused-ring (bicyclic) bond motifs is 1. The molecule has 7 heteroatoms. The first-order valence-electron chi connectivity index (χ1n) is 8.97. The van der Waals surface area contributed by atoms with Gasteiger partial charge >= 0.3 is 0 Å². The summed E-state index contributed by atoms with van der Waals surface area (Å²) in [6, 6.07) is 10.2. The minimum atomic E-state index is -0.646. The number of nitrogens with zero attached hydrogens (tertiary/aromatic N) is 1. The molecule has 1 aromatic carbocycles. The molecule has 6 nitrogen and oxygen atoms in total. The molecule has 0 aliphatic heterocycles. The number of carbonyl (C=O) groups is 1. The zero-order chi connectivity index (χ0) is 18.9. The Hall–Kier alpha value is -2.12. The molecule has 1 aromatic heterocycles. The lowest BCUT2D eigenvalue weighted by atomic mass is 10.2. The monoisotopic (exact) mass is 376 g/mol. The van der Waals surface area contributed by atoms with E-state index in [0.717, 1.165) is 15.0 Å². The predicted octanol–water partition coefficient (Wildman–Crippen LogP) is 2.40. The zero-order valence-electron chi connectivity index (χ0n) is 15.6. The van der Waals surface area contributed by atoms with Crippen LogP contribution in [0.4, 0.5) is 0 Å². The van der Waals surface area contributed by atoms with Gasteiger partial charge in [-0.2, -0.15) is 0 Å².